The summed E-state index contributed by atoms with van der Waals surface area (Å²) < 4.78 is 11.5. The van der Waals surface area contributed by atoms with E-state index in [1.807, 2.05) is 19.1 Å². The molecule has 23 heavy (non-hydrogen) atoms. The largest absolute Gasteiger partial charge is 0.487 e. The van der Waals surface area contributed by atoms with Crippen molar-refractivity contribution >= 4 is 11.9 Å². The van der Waals surface area contributed by atoms with Crippen LogP contribution >= 0.6 is 0 Å². The summed E-state index contributed by atoms with van der Waals surface area (Å²) in [6.45, 7) is 5.39. The predicted molar refractivity (Wildman–Crippen MR) is 86.0 cm³/mol. The molecule has 0 amide bonds. The first-order valence-corrected chi connectivity index (χ1v) is 8.08. The highest BCUT2D eigenvalue weighted by molar-refractivity contribution is 5.70. The van der Waals surface area contributed by atoms with Gasteiger partial charge in [0.1, 0.15) is 17.1 Å². The van der Waals surface area contributed by atoms with Crippen molar-refractivity contribution in [2.45, 2.75) is 64.9 Å². The van der Waals surface area contributed by atoms with E-state index in [2.05, 4.69) is 6.92 Å². The molecule has 0 saturated heterocycles. The van der Waals surface area contributed by atoms with Crippen molar-refractivity contribution in [2.24, 2.45) is 0 Å². The van der Waals surface area contributed by atoms with Crippen LogP contribution in [0.5, 0.6) is 11.5 Å². The van der Waals surface area contributed by atoms with Crippen LogP contribution in [0.2, 0.25) is 0 Å². The molecule has 1 aliphatic rings. The molecule has 5 heteroatoms. The van der Waals surface area contributed by atoms with Crippen LogP contribution in [0.25, 0.3) is 0 Å². The third-order valence-electron chi connectivity index (χ3n) is 4.19. The fourth-order valence-electron chi connectivity index (χ4n) is 2.96. The molecule has 0 fully saturated rings. The van der Waals surface area contributed by atoms with Crippen molar-refractivity contribution in [3.8, 4) is 11.5 Å². The van der Waals surface area contributed by atoms with Gasteiger partial charge in [-0.1, -0.05) is 19.4 Å². The Morgan fingerprint density at radius 2 is 2.13 bits per heavy atom. The number of carbonyl (C=O) groups excluding carboxylic acids is 1. The molecule has 5 nitrogen and oxygen atoms in total. The number of hydrogen-bond donors (Lipinski definition) is 1. The van der Waals surface area contributed by atoms with Crippen LogP contribution in [0.4, 0.5) is 0 Å². The molecule has 1 atom stereocenters. The maximum atomic E-state index is 11.3. The first kappa shape index (κ1) is 17.3. The quantitative estimate of drug-likeness (QED) is 0.641. The number of esters is 1. The Balaban J connectivity index is 2.34. The summed E-state index contributed by atoms with van der Waals surface area (Å²) in [5.41, 5.74) is 1.50. The molecule has 1 N–H and O–H groups in total. The van der Waals surface area contributed by atoms with Crippen LogP contribution < -0.4 is 9.47 Å². The molecule has 0 bridgehead atoms. The summed E-state index contributed by atoms with van der Waals surface area (Å²) in [7, 11) is 0. The summed E-state index contributed by atoms with van der Waals surface area (Å²) in [6.07, 6.45) is 3.82. The zero-order valence-corrected chi connectivity index (χ0v) is 14.0. The van der Waals surface area contributed by atoms with E-state index < -0.39 is 11.6 Å². The number of ether oxygens (including phenoxy) is 2. The molecule has 1 unspecified atom stereocenters. The van der Waals surface area contributed by atoms with Gasteiger partial charge < -0.3 is 14.6 Å². The Hall–Kier alpha value is -2.04. The van der Waals surface area contributed by atoms with Gasteiger partial charge in [0.25, 0.3) is 0 Å². The first-order chi connectivity index (χ1) is 10.8. The molecule has 1 aliphatic heterocycles. The minimum Gasteiger partial charge on any atom is -0.487 e. The standard InChI is InChI=1S/C18H24O5/c1-4-5-14-15(22-12(2)19)7-6-13-8-10-18(3,23-17(13)14)11-9-16(20)21/h6-7H,4-5,8-11H2,1-3H3,(H,20,21). The van der Waals surface area contributed by atoms with E-state index in [9.17, 15) is 9.59 Å². The van der Waals surface area contributed by atoms with E-state index in [0.29, 0.717) is 12.2 Å². The number of aryl methyl sites for hydroxylation is 1. The number of carboxylic acids is 1. The average molecular weight is 320 g/mol. The Kier molecular flexibility index (Phi) is 5.29. The van der Waals surface area contributed by atoms with E-state index in [0.717, 1.165) is 42.6 Å². The van der Waals surface area contributed by atoms with E-state index >= 15 is 0 Å². The van der Waals surface area contributed by atoms with Crippen molar-refractivity contribution < 1.29 is 24.2 Å². The smallest absolute Gasteiger partial charge is 0.308 e. The molecule has 0 radical (unpaired) electrons. The van der Waals surface area contributed by atoms with Gasteiger partial charge in [0.05, 0.1) is 0 Å². The topological polar surface area (TPSA) is 72.8 Å². The molecule has 0 aliphatic carbocycles. The first-order valence-electron chi connectivity index (χ1n) is 8.08. The zero-order valence-electron chi connectivity index (χ0n) is 14.0. The molecular formula is C18H24O5. The Bertz CT molecular complexity index is 608. The second-order valence-electron chi connectivity index (χ2n) is 6.32. The van der Waals surface area contributed by atoms with E-state index in [1.54, 1.807) is 0 Å². The molecule has 0 aromatic heterocycles. The maximum absolute atomic E-state index is 11.3. The molecule has 2 rings (SSSR count). The number of rotatable bonds is 6. The van der Waals surface area contributed by atoms with Crippen molar-refractivity contribution in [3.05, 3.63) is 23.3 Å². The molecule has 1 aromatic carbocycles. The molecular weight excluding hydrogens is 296 g/mol. The monoisotopic (exact) mass is 320 g/mol. The van der Waals surface area contributed by atoms with E-state index in [4.69, 9.17) is 14.6 Å². The average Bonchev–Trinajstić information content (AvgIpc) is 2.47. The van der Waals surface area contributed by atoms with Crippen LogP contribution in [0.3, 0.4) is 0 Å². The van der Waals surface area contributed by atoms with E-state index in [-0.39, 0.29) is 12.4 Å². The molecule has 0 saturated carbocycles. The minimum absolute atomic E-state index is 0.0819. The Morgan fingerprint density at radius 1 is 1.39 bits per heavy atom. The number of aliphatic carboxylic acids is 1. The number of hydrogen-bond acceptors (Lipinski definition) is 4. The van der Waals surface area contributed by atoms with Crippen molar-refractivity contribution in [3.63, 3.8) is 0 Å². The second kappa shape index (κ2) is 7.02. The van der Waals surface area contributed by atoms with Crippen molar-refractivity contribution in [1.82, 2.24) is 0 Å². The third kappa shape index (κ3) is 4.24. The van der Waals surface area contributed by atoms with Gasteiger partial charge in [-0.05, 0) is 44.2 Å². The van der Waals surface area contributed by atoms with Crippen molar-refractivity contribution in [1.29, 1.82) is 0 Å². The van der Waals surface area contributed by atoms with Gasteiger partial charge in [-0.3, -0.25) is 9.59 Å². The highest BCUT2D eigenvalue weighted by atomic mass is 16.5. The van der Waals surface area contributed by atoms with Gasteiger partial charge in [0, 0.05) is 18.9 Å². The predicted octanol–water partition coefficient (Wildman–Crippen LogP) is 3.51. The fraction of sp³-hybridized carbons (Fsp3) is 0.556. The van der Waals surface area contributed by atoms with Crippen LogP contribution in [-0.2, 0) is 22.4 Å². The van der Waals surface area contributed by atoms with Crippen LogP contribution in [0, 0.1) is 0 Å². The van der Waals surface area contributed by atoms with Gasteiger partial charge >= 0.3 is 11.9 Å². The van der Waals surface area contributed by atoms with Crippen LogP contribution in [-0.4, -0.2) is 22.6 Å². The summed E-state index contributed by atoms with van der Waals surface area (Å²) in [6, 6.07) is 3.76. The molecule has 1 aromatic rings. The normalized spacial score (nSPS) is 19.6. The summed E-state index contributed by atoms with van der Waals surface area (Å²) in [5.74, 6) is 0.139. The number of carbonyl (C=O) groups is 2. The third-order valence-corrected chi connectivity index (χ3v) is 4.19. The lowest BCUT2D eigenvalue weighted by atomic mass is 9.87. The number of fused-ring (bicyclic) bond motifs is 1. The highest BCUT2D eigenvalue weighted by Crippen LogP contribution is 2.42. The highest BCUT2D eigenvalue weighted by Gasteiger charge is 2.34. The van der Waals surface area contributed by atoms with Gasteiger partial charge in [0.15, 0.2) is 0 Å². The van der Waals surface area contributed by atoms with E-state index in [1.165, 1.54) is 6.92 Å². The minimum atomic E-state index is -0.817. The SMILES string of the molecule is CCCc1c(OC(C)=O)ccc2c1OC(C)(CCC(=O)O)CC2. The Labute approximate surface area is 136 Å². The zero-order chi connectivity index (χ0) is 17.0. The summed E-state index contributed by atoms with van der Waals surface area (Å²) >= 11 is 0. The van der Waals surface area contributed by atoms with Crippen LogP contribution in [0.1, 0.15) is 57.6 Å². The number of carboxylic acid groups (broad SMARTS) is 1. The van der Waals surface area contributed by atoms with Gasteiger partial charge in [0.2, 0.25) is 0 Å². The summed E-state index contributed by atoms with van der Waals surface area (Å²) in [4.78, 5) is 22.2. The lowest BCUT2D eigenvalue weighted by Gasteiger charge is -2.37. The van der Waals surface area contributed by atoms with Gasteiger partial charge in [-0.25, -0.2) is 0 Å². The number of benzene rings is 1. The Morgan fingerprint density at radius 3 is 2.74 bits per heavy atom. The van der Waals surface area contributed by atoms with Gasteiger partial charge in [-0.2, -0.15) is 0 Å². The lowest BCUT2D eigenvalue weighted by molar-refractivity contribution is -0.138. The molecule has 126 valence electrons. The van der Waals surface area contributed by atoms with Crippen molar-refractivity contribution in [2.75, 3.05) is 0 Å². The molecule has 1 heterocycles. The summed E-state index contributed by atoms with van der Waals surface area (Å²) in [5, 5.41) is 8.92. The lowest BCUT2D eigenvalue weighted by Crippen LogP contribution is -2.37. The fourth-order valence-corrected chi connectivity index (χ4v) is 2.96. The molecule has 0 spiro atoms. The van der Waals surface area contributed by atoms with Crippen LogP contribution in [0.15, 0.2) is 12.1 Å². The van der Waals surface area contributed by atoms with Gasteiger partial charge in [-0.15, -0.1) is 0 Å². The second-order valence-corrected chi connectivity index (χ2v) is 6.32. The maximum Gasteiger partial charge on any atom is 0.308 e.